The first-order valence-corrected chi connectivity index (χ1v) is 7.89. The summed E-state index contributed by atoms with van der Waals surface area (Å²) >= 11 is 0. The highest BCUT2D eigenvalue weighted by Crippen LogP contribution is 2.24. The molecule has 2 nitrogen and oxygen atoms in total. The van der Waals surface area contributed by atoms with Gasteiger partial charge in [-0.15, -0.1) is 0 Å². The Kier molecular flexibility index (Phi) is 5.22. The van der Waals surface area contributed by atoms with Crippen LogP contribution in [0.5, 0.6) is 0 Å². The molecule has 1 fully saturated rings. The molecule has 1 heterocycles. The maximum Gasteiger partial charge on any atom is 0.0715 e. The monoisotopic (exact) mass is 275 g/mol. The van der Waals surface area contributed by atoms with Crippen molar-refractivity contribution < 1.29 is 5.11 Å². The number of piperidine rings is 1. The van der Waals surface area contributed by atoms with Crippen LogP contribution in [0, 0.1) is 11.3 Å². The second-order valence-electron chi connectivity index (χ2n) is 7.32. The summed E-state index contributed by atoms with van der Waals surface area (Å²) in [5.74, 6) is 0.806. The van der Waals surface area contributed by atoms with Gasteiger partial charge in [0.1, 0.15) is 0 Å². The number of benzene rings is 1. The molecule has 1 aromatic rings. The summed E-state index contributed by atoms with van der Waals surface area (Å²) in [5.41, 5.74) is 1.45. The number of β-amino-alcohol motifs (C(OH)–C–C–N with tert-alkyl or cyclic N) is 1. The standard InChI is InChI=1S/C18H29NO/c1-18(2,3)17(20)14-19-11-9-16(10-12-19)13-15-7-5-4-6-8-15/h4-8,16-17,20H,9-14H2,1-3H3. The number of hydrogen-bond acceptors (Lipinski definition) is 2. The van der Waals surface area contributed by atoms with Crippen LogP contribution in [0.15, 0.2) is 30.3 Å². The Morgan fingerprint density at radius 2 is 1.75 bits per heavy atom. The molecule has 2 rings (SSSR count). The molecule has 0 aromatic heterocycles. The minimum absolute atomic E-state index is 0.0130. The highest BCUT2D eigenvalue weighted by molar-refractivity contribution is 5.15. The Balaban J connectivity index is 1.75. The summed E-state index contributed by atoms with van der Waals surface area (Å²) in [6.45, 7) is 9.41. The van der Waals surface area contributed by atoms with E-state index < -0.39 is 0 Å². The lowest BCUT2D eigenvalue weighted by Gasteiger charge is -2.36. The fourth-order valence-corrected chi connectivity index (χ4v) is 2.84. The third-order valence-corrected chi connectivity index (χ3v) is 4.51. The normalized spacial score (nSPS) is 20.0. The molecular formula is C18H29NO. The van der Waals surface area contributed by atoms with E-state index in [1.807, 2.05) is 0 Å². The molecule has 1 N–H and O–H groups in total. The quantitative estimate of drug-likeness (QED) is 0.911. The van der Waals surface area contributed by atoms with E-state index in [-0.39, 0.29) is 11.5 Å². The summed E-state index contributed by atoms with van der Waals surface area (Å²) < 4.78 is 0. The van der Waals surface area contributed by atoms with Gasteiger partial charge in [-0.05, 0) is 49.2 Å². The summed E-state index contributed by atoms with van der Waals surface area (Å²) in [6, 6.07) is 10.8. The second-order valence-corrected chi connectivity index (χ2v) is 7.32. The number of aliphatic hydroxyl groups excluding tert-OH is 1. The zero-order chi connectivity index (χ0) is 14.6. The summed E-state index contributed by atoms with van der Waals surface area (Å²) in [7, 11) is 0. The molecule has 0 radical (unpaired) electrons. The SMILES string of the molecule is CC(C)(C)C(O)CN1CCC(Cc2ccccc2)CC1. The first-order chi connectivity index (χ1) is 9.45. The van der Waals surface area contributed by atoms with Crippen molar-refractivity contribution in [2.24, 2.45) is 11.3 Å². The van der Waals surface area contributed by atoms with Crippen LogP contribution in [0.25, 0.3) is 0 Å². The fraction of sp³-hybridized carbons (Fsp3) is 0.667. The largest absolute Gasteiger partial charge is 0.391 e. The molecule has 0 aliphatic carbocycles. The molecule has 2 heteroatoms. The van der Waals surface area contributed by atoms with Crippen molar-refractivity contribution in [3.8, 4) is 0 Å². The molecule has 1 saturated heterocycles. The third kappa shape index (κ3) is 4.60. The molecule has 20 heavy (non-hydrogen) atoms. The summed E-state index contributed by atoms with van der Waals surface area (Å²) in [6.07, 6.45) is 3.49. The van der Waals surface area contributed by atoms with Crippen LogP contribution < -0.4 is 0 Å². The number of likely N-dealkylation sites (tertiary alicyclic amines) is 1. The molecule has 0 saturated carbocycles. The van der Waals surface area contributed by atoms with Crippen molar-refractivity contribution >= 4 is 0 Å². The van der Waals surface area contributed by atoms with Crippen molar-refractivity contribution in [1.82, 2.24) is 4.90 Å². The minimum Gasteiger partial charge on any atom is -0.391 e. The van der Waals surface area contributed by atoms with Crippen LogP contribution in [0.4, 0.5) is 0 Å². The van der Waals surface area contributed by atoms with E-state index in [2.05, 4.69) is 56.0 Å². The summed E-state index contributed by atoms with van der Waals surface area (Å²) in [4.78, 5) is 2.43. The van der Waals surface area contributed by atoms with E-state index in [4.69, 9.17) is 0 Å². The molecule has 1 atom stereocenters. The first kappa shape index (κ1) is 15.5. The Morgan fingerprint density at radius 1 is 1.15 bits per heavy atom. The maximum absolute atomic E-state index is 10.2. The highest BCUT2D eigenvalue weighted by atomic mass is 16.3. The summed E-state index contributed by atoms with van der Waals surface area (Å²) in [5, 5.41) is 10.2. The zero-order valence-electron chi connectivity index (χ0n) is 13.2. The van der Waals surface area contributed by atoms with Gasteiger partial charge in [-0.1, -0.05) is 51.1 Å². The number of rotatable bonds is 4. The molecule has 1 unspecified atom stereocenters. The maximum atomic E-state index is 10.2. The van der Waals surface area contributed by atoms with Crippen molar-refractivity contribution in [3.63, 3.8) is 0 Å². The highest BCUT2D eigenvalue weighted by Gasteiger charge is 2.26. The van der Waals surface area contributed by atoms with Gasteiger partial charge in [-0.25, -0.2) is 0 Å². The predicted octanol–water partition coefficient (Wildman–Crippen LogP) is 3.35. The fourth-order valence-electron chi connectivity index (χ4n) is 2.84. The molecule has 112 valence electrons. The Labute approximate surface area is 123 Å². The van der Waals surface area contributed by atoms with E-state index in [1.54, 1.807) is 0 Å². The molecular weight excluding hydrogens is 246 g/mol. The molecule has 1 aromatic carbocycles. The molecule has 1 aliphatic rings. The van der Waals surface area contributed by atoms with Crippen LogP contribution in [0.2, 0.25) is 0 Å². The minimum atomic E-state index is -0.229. The molecule has 0 amide bonds. The Hall–Kier alpha value is -0.860. The number of aliphatic hydroxyl groups is 1. The zero-order valence-corrected chi connectivity index (χ0v) is 13.2. The van der Waals surface area contributed by atoms with Crippen LogP contribution in [0.1, 0.15) is 39.2 Å². The van der Waals surface area contributed by atoms with Crippen LogP contribution in [-0.4, -0.2) is 35.7 Å². The first-order valence-electron chi connectivity index (χ1n) is 7.89. The van der Waals surface area contributed by atoms with Crippen molar-refractivity contribution in [2.75, 3.05) is 19.6 Å². The van der Waals surface area contributed by atoms with E-state index in [1.165, 1.54) is 24.8 Å². The molecule has 0 spiro atoms. The predicted molar refractivity (Wildman–Crippen MR) is 84.8 cm³/mol. The van der Waals surface area contributed by atoms with Gasteiger partial charge in [0.15, 0.2) is 0 Å². The van der Waals surface area contributed by atoms with E-state index >= 15 is 0 Å². The molecule has 1 aliphatic heterocycles. The average Bonchev–Trinajstić information content (AvgIpc) is 2.41. The van der Waals surface area contributed by atoms with E-state index in [0.29, 0.717) is 0 Å². The van der Waals surface area contributed by atoms with Crippen molar-refractivity contribution in [3.05, 3.63) is 35.9 Å². The third-order valence-electron chi connectivity index (χ3n) is 4.51. The van der Waals surface area contributed by atoms with Crippen molar-refractivity contribution in [1.29, 1.82) is 0 Å². The second kappa shape index (κ2) is 6.73. The van der Waals surface area contributed by atoms with Crippen molar-refractivity contribution in [2.45, 2.75) is 46.1 Å². The van der Waals surface area contributed by atoms with Gasteiger partial charge in [0, 0.05) is 6.54 Å². The Morgan fingerprint density at radius 3 is 2.30 bits per heavy atom. The lowest BCUT2D eigenvalue weighted by molar-refractivity contribution is 0.0189. The van der Waals surface area contributed by atoms with Crippen LogP contribution >= 0.6 is 0 Å². The van der Waals surface area contributed by atoms with Gasteiger partial charge in [-0.2, -0.15) is 0 Å². The van der Waals surface area contributed by atoms with E-state index in [0.717, 1.165) is 25.6 Å². The van der Waals surface area contributed by atoms with Gasteiger partial charge < -0.3 is 10.0 Å². The van der Waals surface area contributed by atoms with Gasteiger partial charge in [0.05, 0.1) is 6.10 Å². The van der Waals surface area contributed by atoms with Crippen LogP contribution in [-0.2, 0) is 6.42 Å². The van der Waals surface area contributed by atoms with Gasteiger partial charge in [0.25, 0.3) is 0 Å². The number of hydrogen-bond donors (Lipinski definition) is 1. The smallest absolute Gasteiger partial charge is 0.0715 e. The lowest BCUT2D eigenvalue weighted by Crippen LogP contribution is -2.43. The Bertz CT molecular complexity index is 388. The lowest BCUT2D eigenvalue weighted by atomic mass is 9.87. The number of nitrogens with zero attached hydrogens (tertiary/aromatic N) is 1. The van der Waals surface area contributed by atoms with E-state index in [9.17, 15) is 5.11 Å². The molecule has 0 bridgehead atoms. The average molecular weight is 275 g/mol. The van der Waals surface area contributed by atoms with Gasteiger partial charge >= 0.3 is 0 Å². The van der Waals surface area contributed by atoms with Crippen LogP contribution in [0.3, 0.4) is 0 Å². The van der Waals surface area contributed by atoms with Gasteiger partial charge in [-0.3, -0.25) is 0 Å². The topological polar surface area (TPSA) is 23.5 Å². The van der Waals surface area contributed by atoms with Gasteiger partial charge in [0.2, 0.25) is 0 Å².